The van der Waals surface area contributed by atoms with Gasteiger partial charge in [-0.1, -0.05) is 25.1 Å². The normalized spacial score (nSPS) is 16.9. The Hall–Kier alpha value is -3.23. The van der Waals surface area contributed by atoms with Crippen LogP contribution in [0, 0.1) is 0 Å². The number of fused-ring (bicyclic) bond motifs is 1. The van der Waals surface area contributed by atoms with Crippen LogP contribution in [0.2, 0.25) is 0 Å². The lowest BCUT2D eigenvalue weighted by molar-refractivity contribution is 0.0701. The first-order valence-electron chi connectivity index (χ1n) is 11.3. The number of pyridine rings is 1. The summed E-state index contributed by atoms with van der Waals surface area (Å²) in [6.07, 6.45) is 2.93. The van der Waals surface area contributed by atoms with Gasteiger partial charge in [0.25, 0.3) is 5.91 Å². The summed E-state index contributed by atoms with van der Waals surface area (Å²) in [5.74, 6) is 0.293. The molecule has 8 heteroatoms. The Balaban J connectivity index is 1.58. The van der Waals surface area contributed by atoms with E-state index in [1.165, 1.54) is 0 Å². The van der Waals surface area contributed by atoms with Gasteiger partial charge in [0, 0.05) is 23.7 Å². The number of hydrogen-bond acceptors (Lipinski definition) is 5. The maximum Gasteiger partial charge on any atom is 0.251 e. The molecule has 1 amide bonds. The second-order valence-electron chi connectivity index (χ2n) is 8.99. The fraction of sp³-hybridized carbons (Fsp3) is 0.308. The molecule has 0 bridgehead atoms. The second-order valence-corrected chi connectivity index (χ2v) is 10.7. The SMILES string of the molecule is CCc1ccc(S(=O)(=O)N[C@H]2CC(C)(C)Oc3ccc(C(=O)NCc4ccccn4)cc32)cc1. The summed E-state index contributed by atoms with van der Waals surface area (Å²) in [6, 6.07) is 17.0. The zero-order chi connectivity index (χ0) is 24.3. The first-order chi connectivity index (χ1) is 16.2. The Morgan fingerprint density at radius 1 is 1.12 bits per heavy atom. The van der Waals surface area contributed by atoms with Crippen molar-refractivity contribution in [1.82, 2.24) is 15.0 Å². The Morgan fingerprint density at radius 3 is 2.56 bits per heavy atom. The van der Waals surface area contributed by atoms with Gasteiger partial charge in [-0.05, 0) is 68.3 Å². The van der Waals surface area contributed by atoms with Crippen molar-refractivity contribution in [3.63, 3.8) is 0 Å². The quantitative estimate of drug-likeness (QED) is 0.531. The van der Waals surface area contributed by atoms with E-state index >= 15 is 0 Å². The molecule has 0 saturated heterocycles. The van der Waals surface area contributed by atoms with E-state index in [1.807, 2.05) is 51.1 Å². The lowest BCUT2D eigenvalue weighted by Gasteiger charge is -2.38. The van der Waals surface area contributed by atoms with Crippen LogP contribution in [0.3, 0.4) is 0 Å². The second kappa shape index (κ2) is 9.56. The zero-order valence-electron chi connectivity index (χ0n) is 19.5. The molecule has 0 saturated carbocycles. The van der Waals surface area contributed by atoms with Crippen molar-refractivity contribution in [3.8, 4) is 5.75 Å². The number of rotatable bonds is 7. The van der Waals surface area contributed by atoms with Gasteiger partial charge in [0.1, 0.15) is 11.4 Å². The number of carbonyl (C=O) groups excluding carboxylic acids is 1. The molecule has 34 heavy (non-hydrogen) atoms. The molecule has 1 aromatic heterocycles. The maximum absolute atomic E-state index is 13.2. The molecule has 2 aromatic carbocycles. The topological polar surface area (TPSA) is 97.4 Å². The highest BCUT2D eigenvalue weighted by Crippen LogP contribution is 2.40. The van der Waals surface area contributed by atoms with Crippen molar-refractivity contribution in [1.29, 1.82) is 0 Å². The van der Waals surface area contributed by atoms with E-state index in [1.54, 1.807) is 36.5 Å². The van der Waals surface area contributed by atoms with Gasteiger partial charge in [-0.15, -0.1) is 0 Å². The molecule has 0 unspecified atom stereocenters. The van der Waals surface area contributed by atoms with Crippen molar-refractivity contribution in [2.45, 2.75) is 56.7 Å². The van der Waals surface area contributed by atoms with Crippen LogP contribution in [0.5, 0.6) is 5.75 Å². The van der Waals surface area contributed by atoms with E-state index in [9.17, 15) is 13.2 Å². The Bertz CT molecular complexity index is 1270. The number of nitrogens with one attached hydrogen (secondary N) is 2. The van der Waals surface area contributed by atoms with E-state index in [2.05, 4.69) is 15.0 Å². The molecule has 0 spiro atoms. The standard InChI is InChI=1S/C26H29N3O4S/c1-4-18-8-11-21(12-9-18)34(31,32)29-23-16-26(2,3)33-24-13-10-19(15-22(23)24)25(30)28-17-20-7-5-6-14-27-20/h5-15,23,29H,4,16-17H2,1-3H3,(H,28,30)/t23-/m0/s1. The van der Waals surface area contributed by atoms with Crippen molar-refractivity contribution in [2.24, 2.45) is 0 Å². The average Bonchev–Trinajstić information content (AvgIpc) is 2.82. The van der Waals surface area contributed by atoms with Gasteiger partial charge in [-0.2, -0.15) is 0 Å². The Labute approximate surface area is 200 Å². The van der Waals surface area contributed by atoms with E-state index < -0.39 is 21.7 Å². The highest BCUT2D eigenvalue weighted by molar-refractivity contribution is 7.89. The summed E-state index contributed by atoms with van der Waals surface area (Å²) in [7, 11) is -3.77. The third kappa shape index (κ3) is 5.46. The molecular formula is C26H29N3O4S. The van der Waals surface area contributed by atoms with Crippen LogP contribution in [-0.2, 0) is 23.0 Å². The summed E-state index contributed by atoms with van der Waals surface area (Å²) in [5, 5.41) is 2.86. The van der Waals surface area contributed by atoms with Crippen LogP contribution < -0.4 is 14.8 Å². The number of nitrogens with zero attached hydrogens (tertiary/aromatic N) is 1. The van der Waals surface area contributed by atoms with Crippen LogP contribution in [0.25, 0.3) is 0 Å². The number of aryl methyl sites for hydroxylation is 1. The summed E-state index contributed by atoms with van der Waals surface area (Å²) >= 11 is 0. The first-order valence-corrected chi connectivity index (χ1v) is 12.8. The van der Waals surface area contributed by atoms with Crippen molar-refractivity contribution >= 4 is 15.9 Å². The van der Waals surface area contributed by atoms with Gasteiger partial charge in [0.15, 0.2) is 0 Å². The smallest absolute Gasteiger partial charge is 0.251 e. The van der Waals surface area contributed by atoms with Crippen molar-refractivity contribution in [2.75, 3.05) is 0 Å². The number of amides is 1. The van der Waals surface area contributed by atoms with Gasteiger partial charge in [-0.25, -0.2) is 13.1 Å². The number of sulfonamides is 1. The minimum Gasteiger partial charge on any atom is -0.487 e. The van der Waals surface area contributed by atoms with E-state index in [-0.39, 0.29) is 10.8 Å². The molecule has 0 radical (unpaired) electrons. The molecular weight excluding hydrogens is 450 g/mol. The van der Waals surface area contributed by atoms with E-state index in [4.69, 9.17) is 4.74 Å². The van der Waals surface area contributed by atoms with Gasteiger partial charge in [0.05, 0.1) is 23.2 Å². The van der Waals surface area contributed by atoms with Crippen LogP contribution >= 0.6 is 0 Å². The fourth-order valence-corrected chi connectivity index (χ4v) is 5.25. The highest BCUT2D eigenvalue weighted by atomic mass is 32.2. The summed E-state index contributed by atoms with van der Waals surface area (Å²) in [6.45, 7) is 6.15. The van der Waals surface area contributed by atoms with E-state index in [0.717, 1.165) is 17.7 Å². The predicted octanol–water partition coefficient (Wildman–Crippen LogP) is 4.15. The van der Waals surface area contributed by atoms with Gasteiger partial charge in [-0.3, -0.25) is 9.78 Å². The molecule has 2 heterocycles. The molecule has 0 aliphatic carbocycles. The maximum atomic E-state index is 13.2. The molecule has 1 atom stereocenters. The monoisotopic (exact) mass is 479 g/mol. The molecule has 1 aliphatic rings. The van der Waals surface area contributed by atoms with Gasteiger partial charge < -0.3 is 10.1 Å². The molecule has 0 fully saturated rings. The summed E-state index contributed by atoms with van der Waals surface area (Å²) < 4.78 is 35.2. The lowest BCUT2D eigenvalue weighted by atomic mass is 9.89. The van der Waals surface area contributed by atoms with Crippen LogP contribution in [0.4, 0.5) is 0 Å². The van der Waals surface area contributed by atoms with Gasteiger partial charge >= 0.3 is 0 Å². The molecule has 1 aliphatic heterocycles. The van der Waals surface area contributed by atoms with Crippen LogP contribution in [-0.4, -0.2) is 24.9 Å². The predicted molar refractivity (Wildman–Crippen MR) is 130 cm³/mol. The molecule has 3 aromatic rings. The van der Waals surface area contributed by atoms with E-state index in [0.29, 0.717) is 29.8 Å². The molecule has 178 valence electrons. The van der Waals surface area contributed by atoms with Gasteiger partial charge in [0.2, 0.25) is 10.0 Å². The van der Waals surface area contributed by atoms with Crippen molar-refractivity contribution < 1.29 is 17.9 Å². The van der Waals surface area contributed by atoms with Crippen molar-refractivity contribution in [3.05, 3.63) is 89.2 Å². The Kier molecular flexibility index (Phi) is 6.72. The first kappa shape index (κ1) is 23.9. The molecule has 2 N–H and O–H groups in total. The minimum atomic E-state index is -3.77. The van der Waals surface area contributed by atoms with Crippen LogP contribution in [0.15, 0.2) is 71.8 Å². The number of benzene rings is 2. The average molecular weight is 480 g/mol. The summed E-state index contributed by atoms with van der Waals surface area (Å²) in [4.78, 5) is 17.2. The summed E-state index contributed by atoms with van der Waals surface area (Å²) in [5.41, 5.74) is 2.30. The molecule has 7 nitrogen and oxygen atoms in total. The number of carbonyl (C=O) groups is 1. The number of aromatic nitrogens is 1. The van der Waals surface area contributed by atoms with Crippen LogP contribution in [0.1, 0.15) is 60.4 Å². The third-order valence-corrected chi connectivity index (χ3v) is 7.31. The number of hydrogen-bond donors (Lipinski definition) is 2. The molecule has 4 rings (SSSR count). The highest BCUT2D eigenvalue weighted by Gasteiger charge is 2.36. The lowest BCUT2D eigenvalue weighted by Crippen LogP contribution is -2.41. The number of ether oxygens (including phenoxy) is 1. The third-order valence-electron chi connectivity index (χ3n) is 5.82. The largest absolute Gasteiger partial charge is 0.487 e. The Morgan fingerprint density at radius 2 is 1.88 bits per heavy atom. The fourth-order valence-electron chi connectivity index (χ4n) is 4.04. The minimum absolute atomic E-state index is 0.208. The zero-order valence-corrected chi connectivity index (χ0v) is 20.4.